The first kappa shape index (κ1) is 23.7. The summed E-state index contributed by atoms with van der Waals surface area (Å²) in [5, 5.41) is 2.57. The predicted octanol–water partition coefficient (Wildman–Crippen LogP) is 5.80. The smallest absolute Gasteiger partial charge is 0.335 e. The Morgan fingerprint density at radius 3 is 2.47 bits per heavy atom. The third-order valence-corrected chi connectivity index (χ3v) is 6.12. The van der Waals surface area contributed by atoms with Crippen LogP contribution >= 0.6 is 27.5 Å². The van der Waals surface area contributed by atoms with Gasteiger partial charge >= 0.3 is 6.03 Å². The molecule has 1 aliphatic rings. The van der Waals surface area contributed by atoms with Gasteiger partial charge in [-0.05, 0) is 82.0 Å². The molecule has 0 saturated carbocycles. The molecule has 0 aromatic heterocycles. The van der Waals surface area contributed by atoms with Gasteiger partial charge in [0, 0.05) is 5.02 Å². The highest BCUT2D eigenvalue weighted by Crippen LogP contribution is 2.30. The van der Waals surface area contributed by atoms with E-state index in [1.54, 1.807) is 49.4 Å². The van der Waals surface area contributed by atoms with Crippen LogP contribution in [0.3, 0.4) is 0 Å². The summed E-state index contributed by atoms with van der Waals surface area (Å²) < 4.78 is 19.4. The van der Waals surface area contributed by atoms with Crippen molar-refractivity contribution in [3.63, 3.8) is 0 Å². The van der Waals surface area contributed by atoms with Gasteiger partial charge < -0.3 is 4.74 Å². The van der Waals surface area contributed by atoms with Gasteiger partial charge in [0.1, 0.15) is 23.7 Å². The number of carbonyl (C=O) groups is 3. The van der Waals surface area contributed by atoms with Crippen LogP contribution in [0.2, 0.25) is 5.02 Å². The molecule has 0 atom stereocenters. The van der Waals surface area contributed by atoms with Crippen molar-refractivity contribution in [1.82, 2.24) is 5.32 Å². The topological polar surface area (TPSA) is 75.7 Å². The number of nitrogens with one attached hydrogen (secondary N) is 1. The minimum Gasteiger partial charge on any atom is -0.488 e. The molecule has 3 aromatic rings. The number of ether oxygens (including phenoxy) is 1. The fourth-order valence-electron chi connectivity index (χ4n) is 3.25. The maximum absolute atomic E-state index is 13.1. The molecule has 172 valence electrons. The Morgan fingerprint density at radius 1 is 1.06 bits per heavy atom. The zero-order valence-corrected chi connectivity index (χ0v) is 20.1. The predicted molar refractivity (Wildman–Crippen MR) is 130 cm³/mol. The quantitative estimate of drug-likeness (QED) is 0.326. The summed E-state index contributed by atoms with van der Waals surface area (Å²) in [6, 6.07) is 14.9. The molecule has 0 bridgehead atoms. The summed E-state index contributed by atoms with van der Waals surface area (Å²) in [5.74, 6) is -1.36. The molecule has 34 heavy (non-hydrogen) atoms. The fraction of sp³-hybridized carbons (Fsp3) is 0.0800. The summed E-state index contributed by atoms with van der Waals surface area (Å²) >= 11 is 9.56. The van der Waals surface area contributed by atoms with Gasteiger partial charge in [0.15, 0.2) is 0 Å². The number of urea groups is 1. The van der Waals surface area contributed by atoms with Crippen LogP contribution in [0.25, 0.3) is 6.08 Å². The van der Waals surface area contributed by atoms with Crippen molar-refractivity contribution >= 4 is 57.1 Å². The van der Waals surface area contributed by atoms with Crippen molar-refractivity contribution in [2.24, 2.45) is 0 Å². The number of halogens is 3. The second-order valence-corrected chi connectivity index (χ2v) is 8.76. The van der Waals surface area contributed by atoms with E-state index in [0.29, 0.717) is 20.8 Å². The maximum atomic E-state index is 13.1. The number of hydrogen-bond acceptors (Lipinski definition) is 4. The van der Waals surface area contributed by atoms with Crippen LogP contribution in [-0.2, 0) is 16.2 Å². The Balaban J connectivity index is 1.56. The zero-order chi connectivity index (χ0) is 24.4. The molecule has 0 radical (unpaired) electrons. The molecule has 1 saturated heterocycles. The second kappa shape index (κ2) is 9.79. The average Bonchev–Trinajstić information content (AvgIpc) is 2.79. The number of amides is 4. The van der Waals surface area contributed by atoms with E-state index in [-0.39, 0.29) is 23.7 Å². The number of nitrogens with zero attached hydrogens (tertiary/aromatic N) is 1. The first-order valence-electron chi connectivity index (χ1n) is 10.1. The standard InChI is InChI=1S/C25H17BrClFN2O4/c1-14-2-8-18(12-21(14)27)30-24(32)19(23(31)29-25(30)33)10-16-5-9-22(20(26)11-16)34-13-15-3-6-17(28)7-4-15/h2-12H,13H2,1H3,(H,29,31,33)/b19-10-. The van der Waals surface area contributed by atoms with Crippen LogP contribution in [0.5, 0.6) is 5.75 Å². The number of carbonyl (C=O) groups excluding carboxylic acids is 3. The Bertz CT molecular complexity index is 1340. The first-order chi connectivity index (χ1) is 16.2. The monoisotopic (exact) mass is 542 g/mol. The van der Waals surface area contributed by atoms with Crippen molar-refractivity contribution in [3.8, 4) is 5.75 Å². The molecule has 4 amide bonds. The van der Waals surface area contributed by atoms with Gasteiger partial charge in [-0.3, -0.25) is 14.9 Å². The molecular formula is C25H17BrClFN2O4. The van der Waals surface area contributed by atoms with Crippen molar-refractivity contribution in [1.29, 1.82) is 0 Å². The molecule has 9 heteroatoms. The van der Waals surface area contributed by atoms with Crippen molar-refractivity contribution in [3.05, 3.63) is 98.2 Å². The Labute approximate surface area is 208 Å². The zero-order valence-electron chi connectivity index (χ0n) is 17.8. The van der Waals surface area contributed by atoms with E-state index < -0.39 is 17.8 Å². The van der Waals surface area contributed by atoms with Crippen LogP contribution in [0, 0.1) is 12.7 Å². The summed E-state index contributed by atoms with van der Waals surface area (Å²) in [4.78, 5) is 38.7. The number of anilines is 1. The van der Waals surface area contributed by atoms with E-state index >= 15 is 0 Å². The Morgan fingerprint density at radius 2 is 1.79 bits per heavy atom. The molecular weight excluding hydrogens is 527 g/mol. The highest BCUT2D eigenvalue weighted by atomic mass is 79.9. The summed E-state index contributed by atoms with van der Waals surface area (Å²) in [5.41, 5.74) is 2.17. The van der Waals surface area contributed by atoms with Crippen LogP contribution in [0.15, 0.2) is 70.7 Å². The van der Waals surface area contributed by atoms with Crippen LogP contribution in [-0.4, -0.2) is 17.8 Å². The van der Waals surface area contributed by atoms with E-state index in [0.717, 1.165) is 16.0 Å². The van der Waals surface area contributed by atoms with Crippen LogP contribution in [0.4, 0.5) is 14.9 Å². The average molecular weight is 544 g/mol. The molecule has 1 heterocycles. The van der Waals surface area contributed by atoms with Crippen LogP contribution < -0.4 is 15.0 Å². The molecule has 0 unspecified atom stereocenters. The molecule has 0 aliphatic carbocycles. The number of barbiturate groups is 1. The number of imide groups is 2. The third-order valence-electron chi connectivity index (χ3n) is 5.09. The first-order valence-corrected chi connectivity index (χ1v) is 11.2. The summed E-state index contributed by atoms with van der Waals surface area (Å²) in [6.45, 7) is 2.03. The van der Waals surface area contributed by atoms with Crippen molar-refractivity contribution in [2.45, 2.75) is 13.5 Å². The maximum Gasteiger partial charge on any atom is 0.335 e. The molecule has 3 aromatic carbocycles. The van der Waals surface area contributed by atoms with Gasteiger partial charge in [0.25, 0.3) is 11.8 Å². The van der Waals surface area contributed by atoms with E-state index in [9.17, 15) is 18.8 Å². The lowest BCUT2D eigenvalue weighted by Crippen LogP contribution is -2.54. The lowest BCUT2D eigenvalue weighted by molar-refractivity contribution is -0.122. The lowest BCUT2D eigenvalue weighted by atomic mass is 10.1. The summed E-state index contributed by atoms with van der Waals surface area (Å²) in [7, 11) is 0. The SMILES string of the molecule is Cc1ccc(N2C(=O)NC(=O)/C(=C/c3ccc(OCc4ccc(F)cc4)c(Br)c3)C2=O)cc1Cl. The van der Waals surface area contributed by atoms with Crippen LogP contribution in [0.1, 0.15) is 16.7 Å². The highest BCUT2D eigenvalue weighted by Gasteiger charge is 2.37. The van der Waals surface area contributed by atoms with E-state index in [2.05, 4.69) is 21.2 Å². The molecule has 1 fully saturated rings. The van der Waals surface area contributed by atoms with Gasteiger partial charge in [-0.2, -0.15) is 0 Å². The second-order valence-electron chi connectivity index (χ2n) is 7.50. The van der Waals surface area contributed by atoms with Crippen molar-refractivity contribution in [2.75, 3.05) is 4.90 Å². The van der Waals surface area contributed by atoms with E-state index in [1.165, 1.54) is 24.3 Å². The molecule has 4 rings (SSSR count). The highest BCUT2D eigenvalue weighted by molar-refractivity contribution is 9.10. The fourth-order valence-corrected chi connectivity index (χ4v) is 3.93. The summed E-state index contributed by atoms with van der Waals surface area (Å²) in [6.07, 6.45) is 1.39. The van der Waals surface area contributed by atoms with Gasteiger partial charge in [-0.15, -0.1) is 0 Å². The van der Waals surface area contributed by atoms with Gasteiger partial charge in [0.2, 0.25) is 0 Å². The molecule has 0 spiro atoms. The minimum atomic E-state index is -0.849. The van der Waals surface area contributed by atoms with Gasteiger partial charge in [0.05, 0.1) is 10.2 Å². The molecule has 1 aliphatic heterocycles. The number of benzene rings is 3. The van der Waals surface area contributed by atoms with E-state index in [1.807, 2.05) is 0 Å². The van der Waals surface area contributed by atoms with Gasteiger partial charge in [-0.25, -0.2) is 14.1 Å². The molecule has 6 nitrogen and oxygen atoms in total. The minimum absolute atomic E-state index is 0.205. The normalized spacial score (nSPS) is 15.0. The van der Waals surface area contributed by atoms with Crippen molar-refractivity contribution < 1.29 is 23.5 Å². The third kappa shape index (κ3) is 5.03. The number of rotatable bonds is 5. The Kier molecular flexibility index (Phi) is 6.81. The molecule has 1 N–H and O–H groups in total. The lowest BCUT2D eigenvalue weighted by Gasteiger charge is -2.26. The number of aryl methyl sites for hydroxylation is 1. The largest absolute Gasteiger partial charge is 0.488 e. The van der Waals surface area contributed by atoms with Gasteiger partial charge in [-0.1, -0.05) is 35.9 Å². The van der Waals surface area contributed by atoms with E-state index in [4.69, 9.17) is 16.3 Å². The number of hydrogen-bond donors (Lipinski definition) is 1. The Hall–Kier alpha value is -3.49.